The highest BCUT2D eigenvalue weighted by Crippen LogP contribution is 2.41. The lowest BCUT2D eigenvalue weighted by atomic mass is 10.1. The minimum absolute atomic E-state index is 0.0824. The number of likely N-dealkylation sites (N-methyl/N-ethyl adjacent to an activating group) is 1. The maximum Gasteiger partial charge on any atom is 0.229 e. The van der Waals surface area contributed by atoms with Crippen LogP contribution in [-0.2, 0) is 11.2 Å². The molecule has 0 unspecified atom stereocenters. The van der Waals surface area contributed by atoms with Gasteiger partial charge in [-0.25, -0.2) is 4.98 Å². The maximum atomic E-state index is 12.1. The number of amides is 1. The molecule has 186 valence electrons. The molecule has 4 rings (SSSR count). The van der Waals surface area contributed by atoms with Crippen LogP contribution in [0.4, 0.5) is 23.3 Å². The third-order valence-corrected chi connectivity index (χ3v) is 6.57. The molecule has 2 aromatic heterocycles. The molecule has 10 heteroatoms. The van der Waals surface area contributed by atoms with Crippen molar-refractivity contribution in [2.24, 2.45) is 0 Å². The van der Waals surface area contributed by atoms with Crippen molar-refractivity contribution in [3.63, 3.8) is 0 Å². The Labute approximate surface area is 214 Å². The molecule has 2 heterocycles. The summed E-state index contributed by atoms with van der Waals surface area (Å²) in [5.41, 5.74) is 1.97. The number of aryl methyl sites for hydroxylation is 1. The van der Waals surface area contributed by atoms with Crippen molar-refractivity contribution in [1.29, 1.82) is 0 Å². The number of hydrogen-bond acceptors (Lipinski definition) is 8. The van der Waals surface area contributed by atoms with Crippen LogP contribution in [0, 0.1) is 0 Å². The van der Waals surface area contributed by atoms with Gasteiger partial charge in [0.05, 0.1) is 4.47 Å². The Hall–Kier alpha value is -2.98. The smallest absolute Gasteiger partial charge is 0.229 e. The fourth-order valence-electron chi connectivity index (χ4n) is 3.67. The van der Waals surface area contributed by atoms with Crippen molar-refractivity contribution in [1.82, 2.24) is 25.3 Å². The average molecular weight is 542 g/mol. The van der Waals surface area contributed by atoms with Gasteiger partial charge in [-0.3, -0.25) is 4.79 Å². The van der Waals surface area contributed by atoms with Crippen LogP contribution < -0.4 is 16.0 Å². The van der Waals surface area contributed by atoms with Crippen molar-refractivity contribution >= 4 is 45.1 Å². The van der Waals surface area contributed by atoms with Crippen LogP contribution in [0.15, 0.2) is 45.5 Å². The highest BCUT2D eigenvalue weighted by Gasteiger charge is 2.28. The Morgan fingerprint density at radius 2 is 1.94 bits per heavy atom. The first kappa shape index (κ1) is 25.1. The Morgan fingerprint density at radius 3 is 2.66 bits per heavy atom. The van der Waals surface area contributed by atoms with Crippen LogP contribution in [-0.4, -0.2) is 52.1 Å². The number of carbonyl (C=O) groups excluding carboxylic acids is 1. The number of aromatic nitrogens is 3. The number of anilines is 4. The van der Waals surface area contributed by atoms with E-state index in [0.29, 0.717) is 42.9 Å². The van der Waals surface area contributed by atoms with Gasteiger partial charge in [-0.15, -0.1) is 0 Å². The summed E-state index contributed by atoms with van der Waals surface area (Å²) in [5.74, 6) is 3.17. The fourth-order valence-corrected chi connectivity index (χ4v) is 3.96. The second-order valence-corrected chi connectivity index (χ2v) is 9.46. The molecule has 1 aliphatic carbocycles. The van der Waals surface area contributed by atoms with E-state index in [2.05, 4.69) is 65.8 Å². The third-order valence-electron chi connectivity index (χ3n) is 5.99. The largest absolute Gasteiger partial charge is 0.359 e. The number of halogens is 1. The van der Waals surface area contributed by atoms with Crippen molar-refractivity contribution in [2.75, 3.05) is 36.8 Å². The first-order valence-corrected chi connectivity index (χ1v) is 12.9. The summed E-state index contributed by atoms with van der Waals surface area (Å²) >= 11 is 3.48. The zero-order valence-corrected chi connectivity index (χ0v) is 21.8. The van der Waals surface area contributed by atoms with Crippen LogP contribution in [0.25, 0.3) is 0 Å². The summed E-state index contributed by atoms with van der Waals surface area (Å²) in [6, 6.07) is 9.87. The van der Waals surface area contributed by atoms with E-state index in [1.165, 1.54) is 0 Å². The van der Waals surface area contributed by atoms with Gasteiger partial charge < -0.3 is 25.4 Å². The van der Waals surface area contributed by atoms with E-state index in [4.69, 9.17) is 4.52 Å². The van der Waals surface area contributed by atoms with Crippen molar-refractivity contribution < 1.29 is 9.32 Å². The van der Waals surface area contributed by atoms with Gasteiger partial charge in [0.15, 0.2) is 11.6 Å². The van der Waals surface area contributed by atoms with Crippen LogP contribution in [0.3, 0.4) is 0 Å². The molecule has 3 N–H and O–H groups in total. The predicted octanol–water partition coefficient (Wildman–Crippen LogP) is 4.98. The Balaban J connectivity index is 1.26. The maximum absolute atomic E-state index is 12.1. The molecule has 0 saturated heterocycles. The molecule has 0 atom stereocenters. The Morgan fingerprint density at radius 1 is 1.17 bits per heavy atom. The van der Waals surface area contributed by atoms with E-state index in [-0.39, 0.29) is 5.91 Å². The molecule has 3 aromatic rings. The second-order valence-electron chi connectivity index (χ2n) is 8.60. The topological polar surface area (TPSA) is 108 Å². The van der Waals surface area contributed by atoms with E-state index in [1.54, 1.807) is 6.20 Å². The summed E-state index contributed by atoms with van der Waals surface area (Å²) in [6.45, 7) is 7.83. The summed E-state index contributed by atoms with van der Waals surface area (Å²) < 4.78 is 6.12. The normalized spacial score (nSPS) is 13.1. The third kappa shape index (κ3) is 7.50. The summed E-state index contributed by atoms with van der Waals surface area (Å²) in [4.78, 5) is 23.3. The zero-order chi connectivity index (χ0) is 24.6. The van der Waals surface area contributed by atoms with E-state index in [0.717, 1.165) is 54.0 Å². The zero-order valence-electron chi connectivity index (χ0n) is 20.2. The predicted molar refractivity (Wildman–Crippen MR) is 140 cm³/mol. The SMILES string of the molecule is CCN(CC)CCNC(=O)CCc1ccc(Nc2ncc(Br)c(Nc3cc(C4CC4)on3)n2)cc1. The van der Waals surface area contributed by atoms with Crippen LogP contribution in [0.5, 0.6) is 0 Å². The quantitative estimate of drug-likeness (QED) is 0.278. The molecule has 1 fully saturated rings. The molecular weight excluding hydrogens is 510 g/mol. The standard InChI is InChI=1S/C25H32BrN7O2/c1-3-33(4-2)14-13-27-23(34)12-7-17-5-10-19(11-6-17)29-25-28-16-20(26)24(31-25)30-22-15-21(35-32-22)18-8-9-18/h5-6,10-11,15-16,18H,3-4,7-9,12-14H2,1-2H3,(H,27,34)(H2,28,29,30,31,32). The lowest BCUT2D eigenvalue weighted by molar-refractivity contribution is -0.121. The molecule has 1 saturated carbocycles. The second kappa shape index (κ2) is 12.1. The lowest BCUT2D eigenvalue weighted by Crippen LogP contribution is -2.34. The minimum atomic E-state index is 0.0824. The van der Waals surface area contributed by atoms with Gasteiger partial charge in [-0.05, 0) is 66.0 Å². The van der Waals surface area contributed by atoms with E-state index in [1.807, 2.05) is 30.3 Å². The van der Waals surface area contributed by atoms with Crippen LogP contribution >= 0.6 is 15.9 Å². The number of benzene rings is 1. The fraction of sp³-hybridized carbons (Fsp3) is 0.440. The van der Waals surface area contributed by atoms with Gasteiger partial charge in [-0.2, -0.15) is 4.98 Å². The lowest BCUT2D eigenvalue weighted by Gasteiger charge is -2.17. The highest BCUT2D eigenvalue weighted by molar-refractivity contribution is 9.10. The van der Waals surface area contributed by atoms with E-state index < -0.39 is 0 Å². The van der Waals surface area contributed by atoms with Gasteiger partial charge >= 0.3 is 0 Å². The number of nitrogens with one attached hydrogen (secondary N) is 3. The van der Waals surface area contributed by atoms with Crippen molar-refractivity contribution in [3.8, 4) is 0 Å². The van der Waals surface area contributed by atoms with Crippen LogP contribution in [0.2, 0.25) is 0 Å². The molecule has 0 spiro atoms. The molecule has 9 nitrogen and oxygen atoms in total. The first-order chi connectivity index (χ1) is 17.0. The van der Waals surface area contributed by atoms with Crippen molar-refractivity contribution in [3.05, 3.63) is 52.3 Å². The minimum Gasteiger partial charge on any atom is -0.359 e. The van der Waals surface area contributed by atoms with Gasteiger partial charge in [0.1, 0.15) is 5.76 Å². The first-order valence-electron chi connectivity index (χ1n) is 12.1. The Bertz CT molecular complexity index is 1110. The molecule has 0 aliphatic heterocycles. The number of rotatable bonds is 13. The monoisotopic (exact) mass is 541 g/mol. The van der Waals surface area contributed by atoms with E-state index >= 15 is 0 Å². The van der Waals surface area contributed by atoms with Crippen LogP contribution in [0.1, 0.15) is 50.4 Å². The highest BCUT2D eigenvalue weighted by atomic mass is 79.9. The average Bonchev–Trinajstić information content (AvgIpc) is 3.62. The molecule has 1 aromatic carbocycles. The molecule has 0 bridgehead atoms. The number of nitrogens with zero attached hydrogens (tertiary/aromatic N) is 4. The molecular formula is C25H32BrN7O2. The number of carbonyl (C=O) groups is 1. The summed E-state index contributed by atoms with van der Waals surface area (Å²) in [7, 11) is 0. The Kier molecular flexibility index (Phi) is 8.70. The van der Waals surface area contributed by atoms with Crippen molar-refractivity contribution in [2.45, 2.75) is 45.4 Å². The number of hydrogen-bond donors (Lipinski definition) is 3. The van der Waals surface area contributed by atoms with Gasteiger partial charge in [-0.1, -0.05) is 31.1 Å². The summed E-state index contributed by atoms with van der Waals surface area (Å²) in [6.07, 6.45) is 5.17. The molecule has 35 heavy (non-hydrogen) atoms. The van der Waals surface area contributed by atoms with Gasteiger partial charge in [0, 0.05) is 43.4 Å². The van der Waals surface area contributed by atoms with E-state index in [9.17, 15) is 4.79 Å². The van der Waals surface area contributed by atoms with Gasteiger partial charge in [0.2, 0.25) is 11.9 Å². The van der Waals surface area contributed by atoms with Gasteiger partial charge in [0.25, 0.3) is 0 Å². The molecule has 1 amide bonds. The summed E-state index contributed by atoms with van der Waals surface area (Å²) in [5, 5.41) is 13.5. The molecule has 0 radical (unpaired) electrons. The molecule has 1 aliphatic rings.